The first-order valence-electron chi connectivity index (χ1n) is 9.02. The van der Waals surface area contributed by atoms with Crippen molar-refractivity contribution in [2.24, 2.45) is 5.14 Å². The molecule has 0 aliphatic rings. The molecule has 2 aromatic carbocycles. The van der Waals surface area contributed by atoms with Gasteiger partial charge in [-0.25, -0.2) is 22.7 Å². The summed E-state index contributed by atoms with van der Waals surface area (Å²) in [7, 11) is -4.13. The van der Waals surface area contributed by atoms with Gasteiger partial charge in [-0.15, -0.1) is 0 Å². The molecule has 7 nitrogen and oxygen atoms in total. The first-order valence-corrected chi connectivity index (χ1v) is 10.6. The fourth-order valence-electron chi connectivity index (χ4n) is 2.70. The smallest absolute Gasteiger partial charge is 0.341 e. The summed E-state index contributed by atoms with van der Waals surface area (Å²) in [5, 5.41) is 7.81. The number of amides is 1. The van der Waals surface area contributed by atoms with Gasteiger partial charge in [0.15, 0.2) is 6.10 Å². The predicted molar refractivity (Wildman–Crippen MR) is 105 cm³/mol. The lowest BCUT2D eigenvalue weighted by atomic mass is 10.0. The van der Waals surface area contributed by atoms with Crippen LogP contribution in [-0.4, -0.2) is 26.4 Å². The van der Waals surface area contributed by atoms with E-state index in [1.807, 2.05) is 37.3 Å². The fourth-order valence-corrected chi connectivity index (χ4v) is 3.24. The maximum Gasteiger partial charge on any atom is 0.341 e. The Kier molecular flexibility index (Phi) is 7.46. The maximum atomic E-state index is 14.0. The lowest BCUT2D eigenvalue weighted by Gasteiger charge is -2.21. The van der Waals surface area contributed by atoms with E-state index in [-0.39, 0.29) is 6.04 Å². The summed E-state index contributed by atoms with van der Waals surface area (Å²) < 4.78 is 41.8. The van der Waals surface area contributed by atoms with Gasteiger partial charge in [-0.2, -0.15) is 0 Å². The number of ether oxygens (including phenoxy) is 1. The lowest BCUT2D eigenvalue weighted by molar-refractivity contribution is -0.130. The highest BCUT2D eigenvalue weighted by Crippen LogP contribution is 2.19. The van der Waals surface area contributed by atoms with Crippen LogP contribution < -0.4 is 10.5 Å². The number of esters is 1. The van der Waals surface area contributed by atoms with Crippen LogP contribution in [0, 0.1) is 5.82 Å². The molecule has 9 heteroatoms. The summed E-state index contributed by atoms with van der Waals surface area (Å²) in [5.74, 6) is -2.70. The molecule has 0 heterocycles. The lowest BCUT2D eigenvalue weighted by Crippen LogP contribution is -2.38. The Balaban J connectivity index is 2.11. The van der Waals surface area contributed by atoms with Gasteiger partial charge >= 0.3 is 5.97 Å². The van der Waals surface area contributed by atoms with E-state index >= 15 is 0 Å². The van der Waals surface area contributed by atoms with Gasteiger partial charge in [0.05, 0.1) is 16.5 Å². The number of primary sulfonamides is 1. The van der Waals surface area contributed by atoms with Gasteiger partial charge < -0.3 is 10.1 Å². The van der Waals surface area contributed by atoms with Crippen molar-refractivity contribution in [1.29, 1.82) is 0 Å². The number of rotatable bonds is 8. The predicted octanol–water partition coefficient (Wildman–Crippen LogP) is 2.68. The van der Waals surface area contributed by atoms with E-state index in [2.05, 4.69) is 5.32 Å². The van der Waals surface area contributed by atoms with Crippen molar-refractivity contribution in [3.63, 3.8) is 0 Å². The van der Waals surface area contributed by atoms with Crippen LogP contribution in [0.15, 0.2) is 53.4 Å². The van der Waals surface area contributed by atoms with Crippen molar-refractivity contribution in [2.45, 2.75) is 43.7 Å². The molecule has 2 aromatic rings. The molecule has 0 saturated heterocycles. The van der Waals surface area contributed by atoms with Gasteiger partial charge in [-0.05, 0) is 37.1 Å². The Labute approximate surface area is 169 Å². The molecule has 0 radical (unpaired) electrons. The second-order valence-electron chi connectivity index (χ2n) is 6.49. The molecule has 3 N–H and O–H groups in total. The number of carbonyl (C=O) groups excluding carboxylic acids is 2. The molecule has 156 valence electrons. The maximum absolute atomic E-state index is 14.0. The minimum Gasteiger partial charge on any atom is -0.449 e. The molecular formula is C20H23FN2O5S. The number of nitrogens with one attached hydrogen (secondary N) is 1. The largest absolute Gasteiger partial charge is 0.449 e. The highest BCUT2D eigenvalue weighted by molar-refractivity contribution is 7.89. The normalized spacial score (nSPS) is 13.4. The Morgan fingerprint density at radius 1 is 1.17 bits per heavy atom. The van der Waals surface area contributed by atoms with Crippen LogP contribution in [0.25, 0.3) is 0 Å². The highest BCUT2D eigenvalue weighted by atomic mass is 32.2. The molecule has 0 bridgehead atoms. The van der Waals surface area contributed by atoms with E-state index < -0.39 is 44.3 Å². The van der Waals surface area contributed by atoms with Crippen LogP contribution in [0.1, 0.15) is 48.7 Å². The fraction of sp³-hybridized carbons (Fsp3) is 0.300. The van der Waals surface area contributed by atoms with Crippen molar-refractivity contribution in [3.05, 3.63) is 65.5 Å². The Morgan fingerprint density at radius 3 is 2.41 bits per heavy atom. The number of sulfonamides is 1. The molecule has 2 rings (SSSR count). The first-order chi connectivity index (χ1) is 13.6. The average molecular weight is 422 g/mol. The van der Waals surface area contributed by atoms with Crippen molar-refractivity contribution in [3.8, 4) is 0 Å². The third-order valence-corrected chi connectivity index (χ3v) is 5.15. The van der Waals surface area contributed by atoms with Crippen LogP contribution in [0.4, 0.5) is 4.39 Å². The van der Waals surface area contributed by atoms with Crippen molar-refractivity contribution >= 4 is 21.9 Å². The van der Waals surface area contributed by atoms with Crippen LogP contribution in [0.3, 0.4) is 0 Å². The minimum atomic E-state index is -4.13. The summed E-state index contributed by atoms with van der Waals surface area (Å²) in [5.41, 5.74) is 0.289. The quantitative estimate of drug-likeness (QED) is 0.635. The van der Waals surface area contributed by atoms with Crippen LogP contribution >= 0.6 is 0 Å². The van der Waals surface area contributed by atoms with E-state index in [4.69, 9.17) is 9.88 Å². The van der Waals surface area contributed by atoms with E-state index in [0.29, 0.717) is 6.42 Å². The zero-order valence-corrected chi connectivity index (χ0v) is 16.9. The molecule has 29 heavy (non-hydrogen) atoms. The topological polar surface area (TPSA) is 116 Å². The zero-order chi connectivity index (χ0) is 21.6. The molecule has 0 aliphatic carbocycles. The highest BCUT2D eigenvalue weighted by Gasteiger charge is 2.24. The first kappa shape index (κ1) is 22.5. The van der Waals surface area contributed by atoms with Gasteiger partial charge in [0.25, 0.3) is 5.91 Å². The van der Waals surface area contributed by atoms with Gasteiger partial charge in [0.1, 0.15) is 5.82 Å². The van der Waals surface area contributed by atoms with Gasteiger partial charge in [-0.3, -0.25) is 4.79 Å². The van der Waals surface area contributed by atoms with Gasteiger partial charge in [0.2, 0.25) is 10.0 Å². The molecule has 0 saturated carbocycles. The molecule has 2 atom stereocenters. The minimum absolute atomic E-state index is 0.266. The van der Waals surface area contributed by atoms with Crippen LogP contribution in [0.2, 0.25) is 0 Å². The van der Waals surface area contributed by atoms with Crippen molar-refractivity contribution in [2.75, 3.05) is 0 Å². The number of halogens is 1. The van der Waals surface area contributed by atoms with E-state index in [1.165, 1.54) is 6.92 Å². The Morgan fingerprint density at radius 2 is 1.83 bits per heavy atom. The standard InChI is InChI=1S/C20H23FN2O5S/c1-3-7-18(14-8-5-4-6-9-14)23-19(24)13(2)28-20(25)16-12-15(29(22,26)27)10-11-17(16)21/h4-6,8-13,18H,3,7H2,1-2H3,(H,23,24)(H2,22,26,27)/t13-,18+/m0/s1. The zero-order valence-electron chi connectivity index (χ0n) is 16.1. The third kappa shape index (κ3) is 6.10. The molecule has 0 aromatic heterocycles. The second-order valence-corrected chi connectivity index (χ2v) is 8.06. The molecular weight excluding hydrogens is 399 g/mol. The summed E-state index contributed by atoms with van der Waals surface area (Å²) in [6, 6.07) is 11.6. The van der Waals surface area contributed by atoms with E-state index in [0.717, 1.165) is 30.2 Å². The monoisotopic (exact) mass is 422 g/mol. The third-order valence-electron chi connectivity index (χ3n) is 4.24. The Hall–Kier alpha value is -2.78. The number of benzene rings is 2. The average Bonchev–Trinajstić information content (AvgIpc) is 2.67. The van der Waals surface area contributed by atoms with E-state index in [1.54, 1.807) is 0 Å². The summed E-state index contributed by atoms with van der Waals surface area (Å²) in [6.45, 7) is 3.33. The second kappa shape index (κ2) is 9.62. The van der Waals surface area contributed by atoms with Crippen LogP contribution in [0.5, 0.6) is 0 Å². The SMILES string of the molecule is CCC[C@@H](NC(=O)[C@H](C)OC(=O)c1cc(S(N)(=O)=O)ccc1F)c1ccccc1. The van der Waals surface area contributed by atoms with Crippen LogP contribution in [-0.2, 0) is 19.6 Å². The van der Waals surface area contributed by atoms with Gasteiger partial charge in [0, 0.05) is 0 Å². The van der Waals surface area contributed by atoms with Crippen molar-refractivity contribution < 1.29 is 27.1 Å². The number of carbonyl (C=O) groups is 2. The number of hydrogen-bond acceptors (Lipinski definition) is 5. The number of hydrogen-bond donors (Lipinski definition) is 2. The summed E-state index contributed by atoms with van der Waals surface area (Å²) in [4.78, 5) is 24.3. The molecule has 0 unspecified atom stereocenters. The Bertz CT molecular complexity index is 980. The van der Waals surface area contributed by atoms with E-state index in [9.17, 15) is 22.4 Å². The summed E-state index contributed by atoms with van der Waals surface area (Å²) in [6.07, 6.45) is 0.282. The van der Waals surface area contributed by atoms with Gasteiger partial charge in [-0.1, -0.05) is 43.7 Å². The van der Waals surface area contributed by atoms with Crippen molar-refractivity contribution in [1.82, 2.24) is 5.32 Å². The molecule has 0 aliphatic heterocycles. The molecule has 0 fully saturated rings. The molecule has 1 amide bonds. The summed E-state index contributed by atoms with van der Waals surface area (Å²) >= 11 is 0. The number of nitrogens with two attached hydrogens (primary N) is 1. The molecule has 0 spiro atoms.